The fourth-order valence-electron chi connectivity index (χ4n) is 2.23. The van der Waals surface area contributed by atoms with Crippen LogP contribution >= 0.6 is 11.3 Å². The van der Waals surface area contributed by atoms with Gasteiger partial charge in [0.1, 0.15) is 0 Å². The van der Waals surface area contributed by atoms with Gasteiger partial charge in [-0.1, -0.05) is 12.1 Å². The van der Waals surface area contributed by atoms with Gasteiger partial charge in [-0.05, 0) is 46.2 Å². The van der Waals surface area contributed by atoms with Crippen molar-refractivity contribution in [1.29, 1.82) is 0 Å². The van der Waals surface area contributed by atoms with E-state index < -0.39 is 5.97 Å². The number of carbonyl (C=O) groups excluding carboxylic acids is 1. The number of benzene rings is 1. The van der Waals surface area contributed by atoms with E-state index in [1.807, 2.05) is 41.1 Å². The number of rotatable bonds is 6. The first-order valence-corrected chi connectivity index (χ1v) is 8.22. The highest BCUT2D eigenvalue weighted by Crippen LogP contribution is 2.11. The normalized spacial score (nSPS) is 10.5. The molecule has 2 N–H and O–H groups in total. The molecule has 0 fully saturated rings. The molecule has 6 nitrogen and oxygen atoms in total. The van der Waals surface area contributed by atoms with Crippen LogP contribution in [0, 0.1) is 0 Å². The van der Waals surface area contributed by atoms with Gasteiger partial charge in [0.2, 0.25) is 5.91 Å². The first-order chi connectivity index (χ1) is 11.6. The van der Waals surface area contributed by atoms with Crippen LogP contribution in [-0.2, 0) is 17.8 Å². The Balaban J connectivity index is 1.64. The summed E-state index contributed by atoms with van der Waals surface area (Å²) >= 11 is 1.57. The van der Waals surface area contributed by atoms with Gasteiger partial charge in [-0.15, -0.1) is 0 Å². The summed E-state index contributed by atoms with van der Waals surface area (Å²) in [5.74, 6) is -1.10. The molecule has 0 aliphatic heterocycles. The topological polar surface area (TPSA) is 84.2 Å². The standard InChI is InChI=1S/C17H15N3O3S/c21-16(9-13-5-7-24-11-13)18-10-12-2-1-3-14(8-12)20-6-4-15(19-20)17(22)23/h1-8,11H,9-10H2,(H,18,21)(H,22,23). The zero-order valence-corrected chi connectivity index (χ0v) is 13.5. The number of hydrogen-bond acceptors (Lipinski definition) is 4. The summed E-state index contributed by atoms with van der Waals surface area (Å²) in [4.78, 5) is 22.8. The minimum Gasteiger partial charge on any atom is -0.476 e. The van der Waals surface area contributed by atoms with Crippen molar-refractivity contribution >= 4 is 23.2 Å². The van der Waals surface area contributed by atoms with Crippen molar-refractivity contribution in [3.8, 4) is 5.69 Å². The highest BCUT2D eigenvalue weighted by molar-refractivity contribution is 7.08. The summed E-state index contributed by atoms with van der Waals surface area (Å²) in [5, 5.41) is 19.7. The van der Waals surface area contributed by atoms with E-state index in [9.17, 15) is 9.59 Å². The Morgan fingerprint density at radius 2 is 2.08 bits per heavy atom. The lowest BCUT2D eigenvalue weighted by Crippen LogP contribution is -2.24. The number of aromatic nitrogens is 2. The minimum absolute atomic E-state index is 0.00975. The number of carboxylic acids is 1. The molecule has 122 valence electrons. The largest absolute Gasteiger partial charge is 0.476 e. The summed E-state index contributed by atoms with van der Waals surface area (Å²) < 4.78 is 1.50. The number of carboxylic acid groups (broad SMARTS) is 1. The third-order valence-electron chi connectivity index (χ3n) is 3.42. The second-order valence-corrected chi connectivity index (χ2v) is 5.99. The summed E-state index contributed by atoms with van der Waals surface area (Å²) in [6.45, 7) is 0.407. The van der Waals surface area contributed by atoms with Crippen molar-refractivity contribution in [2.45, 2.75) is 13.0 Å². The summed E-state index contributed by atoms with van der Waals surface area (Å²) in [6.07, 6.45) is 1.96. The summed E-state index contributed by atoms with van der Waals surface area (Å²) in [6, 6.07) is 10.8. The highest BCUT2D eigenvalue weighted by atomic mass is 32.1. The molecule has 3 aromatic rings. The molecule has 2 heterocycles. The molecule has 0 spiro atoms. The van der Waals surface area contributed by atoms with Gasteiger partial charge < -0.3 is 10.4 Å². The molecule has 3 rings (SSSR count). The van der Waals surface area contributed by atoms with Crippen LogP contribution in [0.3, 0.4) is 0 Å². The smallest absolute Gasteiger partial charge is 0.356 e. The Kier molecular flexibility index (Phi) is 4.72. The van der Waals surface area contributed by atoms with Crippen LogP contribution in [0.1, 0.15) is 21.6 Å². The predicted molar refractivity (Wildman–Crippen MR) is 90.4 cm³/mol. The van der Waals surface area contributed by atoms with Gasteiger partial charge in [-0.25, -0.2) is 9.48 Å². The lowest BCUT2D eigenvalue weighted by Gasteiger charge is -2.07. The van der Waals surface area contributed by atoms with Crippen LogP contribution in [0.5, 0.6) is 0 Å². The zero-order valence-electron chi connectivity index (χ0n) is 12.7. The molecule has 0 aliphatic rings. The molecule has 2 aromatic heterocycles. The molecule has 0 unspecified atom stereocenters. The van der Waals surface area contributed by atoms with E-state index >= 15 is 0 Å². The zero-order chi connectivity index (χ0) is 16.9. The number of nitrogens with zero attached hydrogens (tertiary/aromatic N) is 2. The van der Waals surface area contributed by atoms with Crippen LogP contribution in [0.2, 0.25) is 0 Å². The van der Waals surface area contributed by atoms with Gasteiger partial charge in [0.15, 0.2) is 5.69 Å². The number of hydrogen-bond donors (Lipinski definition) is 2. The van der Waals surface area contributed by atoms with Crippen molar-refractivity contribution < 1.29 is 14.7 Å². The molecule has 0 aliphatic carbocycles. The Bertz CT molecular complexity index is 856. The van der Waals surface area contributed by atoms with E-state index in [1.54, 1.807) is 17.5 Å². The second-order valence-electron chi connectivity index (χ2n) is 5.21. The van der Waals surface area contributed by atoms with E-state index in [2.05, 4.69) is 10.4 Å². The Hall–Kier alpha value is -2.93. The van der Waals surface area contributed by atoms with E-state index in [1.165, 1.54) is 10.7 Å². The number of amides is 1. The summed E-state index contributed by atoms with van der Waals surface area (Å²) in [7, 11) is 0. The van der Waals surface area contributed by atoms with E-state index in [4.69, 9.17) is 5.11 Å². The summed E-state index contributed by atoms with van der Waals surface area (Å²) in [5.41, 5.74) is 2.65. The van der Waals surface area contributed by atoms with Gasteiger partial charge in [0.25, 0.3) is 0 Å². The minimum atomic E-state index is -1.06. The Morgan fingerprint density at radius 1 is 1.21 bits per heavy atom. The van der Waals surface area contributed by atoms with Crippen LogP contribution in [0.4, 0.5) is 0 Å². The first-order valence-electron chi connectivity index (χ1n) is 7.28. The van der Waals surface area contributed by atoms with Crippen LogP contribution in [0.15, 0.2) is 53.4 Å². The van der Waals surface area contributed by atoms with Gasteiger partial charge in [0, 0.05) is 12.7 Å². The number of nitrogens with one attached hydrogen (secondary N) is 1. The van der Waals surface area contributed by atoms with E-state index in [-0.39, 0.29) is 11.6 Å². The molecule has 0 atom stereocenters. The first kappa shape index (κ1) is 15.9. The molecule has 0 radical (unpaired) electrons. The van der Waals surface area contributed by atoms with Crippen LogP contribution < -0.4 is 5.32 Å². The van der Waals surface area contributed by atoms with Gasteiger partial charge in [0.05, 0.1) is 12.1 Å². The van der Waals surface area contributed by atoms with Crippen molar-refractivity contribution in [2.75, 3.05) is 0 Å². The third-order valence-corrected chi connectivity index (χ3v) is 4.15. The monoisotopic (exact) mass is 341 g/mol. The van der Waals surface area contributed by atoms with Crippen LogP contribution in [0.25, 0.3) is 5.69 Å². The SMILES string of the molecule is O=C(Cc1ccsc1)NCc1cccc(-n2ccc(C(=O)O)n2)c1. The fraction of sp³-hybridized carbons (Fsp3) is 0.118. The maximum atomic E-state index is 11.9. The molecular weight excluding hydrogens is 326 g/mol. The molecular formula is C17H15N3O3S. The molecule has 0 bridgehead atoms. The van der Waals surface area contributed by atoms with Crippen molar-refractivity contribution in [3.05, 3.63) is 70.2 Å². The average molecular weight is 341 g/mol. The van der Waals surface area contributed by atoms with Crippen molar-refractivity contribution in [1.82, 2.24) is 15.1 Å². The molecule has 0 saturated heterocycles. The molecule has 1 amide bonds. The Labute approximate surface area is 142 Å². The fourth-order valence-corrected chi connectivity index (χ4v) is 2.90. The van der Waals surface area contributed by atoms with E-state index in [0.29, 0.717) is 13.0 Å². The predicted octanol–water partition coefficient (Wildman–Crippen LogP) is 2.49. The maximum Gasteiger partial charge on any atom is 0.356 e. The number of aromatic carboxylic acids is 1. The van der Waals surface area contributed by atoms with Gasteiger partial charge in [-0.2, -0.15) is 16.4 Å². The molecule has 0 saturated carbocycles. The average Bonchev–Trinajstić information content (AvgIpc) is 3.25. The number of carbonyl (C=O) groups is 2. The van der Waals surface area contributed by atoms with Gasteiger partial charge >= 0.3 is 5.97 Å². The quantitative estimate of drug-likeness (QED) is 0.721. The Morgan fingerprint density at radius 3 is 2.79 bits per heavy atom. The molecule has 7 heteroatoms. The van der Waals surface area contributed by atoms with Crippen LogP contribution in [-0.4, -0.2) is 26.8 Å². The van der Waals surface area contributed by atoms with E-state index in [0.717, 1.165) is 16.8 Å². The van der Waals surface area contributed by atoms with Gasteiger partial charge in [-0.3, -0.25) is 4.79 Å². The molecule has 24 heavy (non-hydrogen) atoms. The van der Waals surface area contributed by atoms with Crippen molar-refractivity contribution in [2.24, 2.45) is 0 Å². The third kappa shape index (κ3) is 3.88. The maximum absolute atomic E-state index is 11.9. The number of thiophene rings is 1. The highest BCUT2D eigenvalue weighted by Gasteiger charge is 2.08. The lowest BCUT2D eigenvalue weighted by atomic mass is 10.2. The second kappa shape index (κ2) is 7.10. The molecule has 1 aromatic carbocycles. The lowest BCUT2D eigenvalue weighted by molar-refractivity contribution is -0.120. The van der Waals surface area contributed by atoms with Crippen molar-refractivity contribution in [3.63, 3.8) is 0 Å².